The Bertz CT molecular complexity index is 926. The van der Waals surface area contributed by atoms with Crippen LogP contribution >= 0.6 is 0 Å². The van der Waals surface area contributed by atoms with Crippen molar-refractivity contribution in [2.75, 3.05) is 19.0 Å². The molecule has 3 rings (SSSR count). The Kier molecular flexibility index (Phi) is 6.57. The van der Waals surface area contributed by atoms with Gasteiger partial charge in [-0.15, -0.1) is 0 Å². The molecule has 0 fully saturated rings. The van der Waals surface area contributed by atoms with Crippen LogP contribution in [0.4, 0.5) is 5.95 Å². The van der Waals surface area contributed by atoms with E-state index in [4.69, 9.17) is 4.74 Å². The third kappa shape index (κ3) is 5.30. The van der Waals surface area contributed by atoms with E-state index in [-0.39, 0.29) is 5.91 Å². The summed E-state index contributed by atoms with van der Waals surface area (Å²) in [5.74, 6) is 1.04. The maximum absolute atomic E-state index is 12.4. The van der Waals surface area contributed by atoms with Crippen molar-refractivity contribution in [2.45, 2.75) is 19.9 Å². The van der Waals surface area contributed by atoms with Crippen molar-refractivity contribution < 1.29 is 9.53 Å². The third-order valence-electron chi connectivity index (χ3n) is 4.44. The van der Waals surface area contributed by atoms with Crippen LogP contribution in [0.2, 0.25) is 0 Å². The molecule has 3 aromatic rings. The molecule has 0 bridgehead atoms. The molecule has 1 heterocycles. The van der Waals surface area contributed by atoms with Gasteiger partial charge in [0.15, 0.2) is 0 Å². The number of hydrogen-bond donors (Lipinski definition) is 2. The van der Waals surface area contributed by atoms with Crippen molar-refractivity contribution in [3.63, 3.8) is 0 Å². The highest BCUT2D eigenvalue weighted by Gasteiger charge is 2.09. The molecule has 28 heavy (non-hydrogen) atoms. The second-order valence-electron chi connectivity index (χ2n) is 6.40. The Morgan fingerprint density at radius 1 is 1.07 bits per heavy atom. The van der Waals surface area contributed by atoms with Gasteiger partial charge in [-0.1, -0.05) is 36.4 Å². The van der Waals surface area contributed by atoms with Crippen LogP contribution in [-0.2, 0) is 13.0 Å². The number of anilines is 1. The molecule has 0 saturated heterocycles. The number of rotatable bonds is 8. The minimum absolute atomic E-state index is 0.213. The van der Waals surface area contributed by atoms with E-state index < -0.39 is 0 Å². The molecule has 1 amide bonds. The minimum atomic E-state index is -0.213. The van der Waals surface area contributed by atoms with E-state index >= 15 is 0 Å². The second-order valence-corrected chi connectivity index (χ2v) is 6.40. The molecule has 144 valence electrons. The van der Waals surface area contributed by atoms with Crippen molar-refractivity contribution in [3.8, 4) is 5.75 Å². The van der Waals surface area contributed by atoms with Crippen LogP contribution in [0.25, 0.3) is 0 Å². The van der Waals surface area contributed by atoms with E-state index in [0.717, 1.165) is 17.7 Å². The van der Waals surface area contributed by atoms with Gasteiger partial charge in [-0.2, -0.15) is 0 Å². The van der Waals surface area contributed by atoms with Crippen molar-refractivity contribution >= 4 is 11.9 Å². The highest BCUT2D eigenvalue weighted by atomic mass is 16.5. The summed E-state index contributed by atoms with van der Waals surface area (Å²) in [6.45, 7) is 3.20. The highest BCUT2D eigenvalue weighted by Crippen LogP contribution is 2.12. The molecular weight excluding hydrogens is 352 g/mol. The van der Waals surface area contributed by atoms with Gasteiger partial charge in [-0.25, -0.2) is 9.97 Å². The van der Waals surface area contributed by atoms with Crippen LogP contribution in [0.3, 0.4) is 0 Å². The Morgan fingerprint density at radius 3 is 2.61 bits per heavy atom. The predicted octanol–water partition coefficient (Wildman–Crippen LogP) is 3.38. The Labute approximate surface area is 165 Å². The molecule has 0 atom stereocenters. The molecule has 6 heteroatoms. The smallest absolute Gasteiger partial charge is 0.270 e. The van der Waals surface area contributed by atoms with Crippen molar-refractivity contribution in [1.82, 2.24) is 15.3 Å². The topological polar surface area (TPSA) is 76.1 Å². The van der Waals surface area contributed by atoms with E-state index in [0.29, 0.717) is 24.7 Å². The van der Waals surface area contributed by atoms with E-state index in [1.54, 1.807) is 19.4 Å². The minimum Gasteiger partial charge on any atom is -0.497 e. The van der Waals surface area contributed by atoms with E-state index in [2.05, 4.69) is 39.7 Å². The first-order valence-electron chi connectivity index (χ1n) is 9.18. The Morgan fingerprint density at radius 2 is 1.86 bits per heavy atom. The predicted molar refractivity (Wildman–Crippen MR) is 110 cm³/mol. The summed E-state index contributed by atoms with van der Waals surface area (Å²) in [5.41, 5.74) is 3.84. The molecule has 0 unspecified atom stereocenters. The van der Waals surface area contributed by atoms with Gasteiger partial charge < -0.3 is 15.4 Å². The number of nitrogens with zero attached hydrogens (tertiary/aromatic N) is 2. The van der Waals surface area contributed by atoms with Crippen LogP contribution in [0, 0.1) is 6.92 Å². The van der Waals surface area contributed by atoms with Crippen molar-refractivity contribution in [2.24, 2.45) is 0 Å². The van der Waals surface area contributed by atoms with Crippen molar-refractivity contribution in [1.29, 1.82) is 0 Å². The summed E-state index contributed by atoms with van der Waals surface area (Å²) in [7, 11) is 1.64. The van der Waals surface area contributed by atoms with Gasteiger partial charge in [0.05, 0.1) is 7.11 Å². The van der Waals surface area contributed by atoms with E-state index in [1.165, 1.54) is 11.1 Å². The molecule has 0 radical (unpaired) electrons. The monoisotopic (exact) mass is 376 g/mol. The van der Waals surface area contributed by atoms with Crippen LogP contribution in [0.15, 0.2) is 60.8 Å². The molecule has 0 aliphatic heterocycles. The average Bonchev–Trinajstić information content (AvgIpc) is 2.74. The normalized spacial score (nSPS) is 10.4. The van der Waals surface area contributed by atoms with E-state index in [9.17, 15) is 4.79 Å². The first-order valence-corrected chi connectivity index (χ1v) is 9.18. The SMILES string of the molecule is COc1ccc(CCNC(=O)c2ccnc(NCc3ccccc3C)n2)cc1. The zero-order valence-corrected chi connectivity index (χ0v) is 16.1. The quantitative estimate of drug-likeness (QED) is 0.630. The van der Waals surface area contributed by atoms with Gasteiger partial charge in [-0.3, -0.25) is 4.79 Å². The summed E-state index contributed by atoms with van der Waals surface area (Å²) in [5, 5.41) is 6.07. The molecule has 2 aromatic carbocycles. The summed E-state index contributed by atoms with van der Waals surface area (Å²) < 4.78 is 5.15. The molecule has 0 aliphatic rings. The Balaban J connectivity index is 1.52. The van der Waals surface area contributed by atoms with Gasteiger partial charge in [0, 0.05) is 19.3 Å². The number of benzene rings is 2. The number of amides is 1. The van der Waals surface area contributed by atoms with E-state index in [1.807, 2.05) is 36.4 Å². The Hall–Kier alpha value is -3.41. The molecular formula is C22H24N4O2. The summed E-state index contributed by atoms with van der Waals surface area (Å²) in [6, 6.07) is 17.5. The molecule has 0 spiro atoms. The first kappa shape index (κ1) is 19.4. The van der Waals surface area contributed by atoms with Gasteiger partial charge >= 0.3 is 0 Å². The summed E-state index contributed by atoms with van der Waals surface area (Å²) in [6.07, 6.45) is 2.32. The van der Waals surface area contributed by atoms with Gasteiger partial charge in [0.25, 0.3) is 5.91 Å². The number of hydrogen-bond acceptors (Lipinski definition) is 5. The summed E-state index contributed by atoms with van der Waals surface area (Å²) in [4.78, 5) is 20.9. The second kappa shape index (κ2) is 9.50. The lowest BCUT2D eigenvalue weighted by Crippen LogP contribution is -2.26. The lowest BCUT2D eigenvalue weighted by atomic mass is 10.1. The maximum Gasteiger partial charge on any atom is 0.270 e. The zero-order chi connectivity index (χ0) is 19.8. The molecule has 0 aliphatic carbocycles. The van der Waals surface area contributed by atoms with Gasteiger partial charge in [0.1, 0.15) is 11.4 Å². The van der Waals surface area contributed by atoms with Gasteiger partial charge in [0.2, 0.25) is 5.95 Å². The van der Waals surface area contributed by atoms with Crippen molar-refractivity contribution in [3.05, 3.63) is 83.2 Å². The average molecular weight is 376 g/mol. The standard InChI is InChI=1S/C22H24N4O2/c1-16-5-3-4-6-18(16)15-25-22-24-14-12-20(26-22)21(27)23-13-11-17-7-9-19(28-2)10-8-17/h3-10,12,14H,11,13,15H2,1-2H3,(H,23,27)(H,24,25,26). The fourth-order valence-corrected chi connectivity index (χ4v) is 2.76. The molecule has 6 nitrogen and oxygen atoms in total. The number of aromatic nitrogens is 2. The largest absolute Gasteiger partial charge is 0.497 e. The molecule has 2 N–H and O–H groups in total. The number of carbonyl (C=O) groups excluding carboxylic acids is 1. The zero-order valence-electron chi connectivity index (χ0n) is 16.1. The lowest BCUT2D eigenvalue weighted by Gasteiger charge is -2.09. The lowest BCUT2D eigenvalue weighted by molar-refractivity contribution is 0.0949. The fraction of sp³-hybridized carbons (Fsp3) is 0.227. The number of aryl methyl sites for hydroxylation is 1. The summed E-state index contributed by atoms with van der Waals surface area (Å²) >= 11 is 0. The molecule has 1 aromatic heterocycles. The van der Waals surface area contributed by atoms with Gasteiger partial charge in [-0.05, 0) is 48.2 Å². The fourth-order valence-electron chi connectivity index (χ4n) is 2.76. The van der Waals surface area contributed by atoms with Crippen LogP contribution in [-0.4, -0.2) is 29.5 Å². The van der Waals surface area contributed by atoms with Crippen LogP contribution < -0.4 is 15.4 Å². The highest BCUT2D eigenvalue weighted by molar-refractivity contribution is 5.92. The van der Waals surface area contributed by atoms with Crippen LogP contribution in [0.5, 0.6) is 5.75 Å². The van der Waals surface area contributed by atoms with Crippen LogP contribution in [0.1, 0.15) is 27.2 Å². The number of nitrogens with one attached hydrogen (secondary N) is 2. The number of carbonyl (C=O) groups is 1. The maximum atomic E-state index is 12.4. The number of ether oxygens (including phenoxy) is 1. The number of methoxy groups -OCH3 is 1. The first-order chi connectivity index (χ1) is 13.7. The molecule has 0 saturated carbocycles. The third-order valence-corrected chi connectivity index (χ3v) is 4.44.